The predicted octanol–water partition coefficient (Wildman–Crippen LogP) is 2.01. The zero-order chi connectivity index (χ0) is 10.4. The lowest BCUT2D eigenvalue weighted by atomic mass is 10.3. The number of nitrogen functional groups attached to an aromatic ring is 1. The van der Waals surface area contributed by atoms with Gasteiger partial charge in [-0.2, -0.15) is 0 Å². The zero-order valence-corrected chi connectivity index (χ0v) is 8.32. The zero-order valence-electron chi connectivity index (χ0n) is 8.32. The monoisotopic (exact) mass is 201 g/mol. The Bertz CT molecular complexity index is 636. The van der Waals surface area contributed by atoms with Crippen molar-refractivity contribution in [2.24, 2.45) is 0 Å². The third-order valence-electron chi connectivity index (χ3n) is 2.63. The molecule has 0 saturated carbocycles. The Morgan fingerprint density at radius 1 is 1.33 bits per heavy atom. The van der Waals surface area contributed by atoms with Crippen molar-refractivity contribution >= 4 is 22.5 Å². The van der Waals surface area contributed by atoms with Crippen LogP contribution in [-0.4, -0.2) is 16.5 Å². The number of H-pyrrole nitrogens is 1. The number of hydrogen-bond donors (Lipinski definition) is 2. The molecule has 2 heterocycles. The molecule has 2 aromatic heterocycles. The van der Waals surface area contributed by atoms with Crippen LogP contribution in [0.3, 0.4) is 0 Å². The number of imidazole rings is 1. The molecule has 1 aromatic carbocycles. The second kappa shape index (κ2) is 2.70. The van der Waals surface area contributed by atoms with Gasteiger partial charge in [0.05, 0.1) is 18.1 Å². The first-order valence-corrected chi connectivity index (χ1v) is 4.73. The Balaban J connectivity index is 2.51. The Labute approximate surface area is 86.3 Å². The minimum absolute atomic E-state index is 0.630. The van der Waals surface area contributed by atoms with Crippen LogP contribution in [0, 0.1) is 0 Å². The lowest BCUT2D eigenvalue weighted by Crippen LogP contribution is -1.93. The lowest BCUT2D eigenvalue weighted by Gasteiger charge is -1.98. The molecule has 0 unspecified atom stereocenters. The minimum Gasteiger partial charge on any atom is -0.493 e. The largest absolute Gasteiger partial charge is 0.493 e. The third kappa shape index (κ3) is 0.958. The van der Waals surface area contributed by atoms with Gasteiger partial charge in [-0.05, 0) is 12.1 Å². The van der Waals surface area contributed by atoms with Crippen molar-refractivity contribution in [3.8, 4) is 5.75 Å². The summed E-state index contributed by atoms with van der Waals surface area (Å²) in [6, 6.07) is 9.92. The molecule has 0 radical (unpaired) electrons. The number of aromatic nitrogens is 2. The van der Waals surface area contributed by atoms with Gasteiger partial charge in [0.2, 0.25) is 0 Å². The Hall–Kier alpha value is -2.10. The molecule has 15 heavy (non-hydrogen) atoms. The fourth-order valence-electron chi connectivity index (χ4n) is 1.93. The van der Waals surface area contributed by atoms with Crippen molar-refractivity contribution in [2.75, 3.05) is 12.8 Å². The summed E-state index contributed by atoms with van der Waals surface area (Å²) in [5.74, 6) is 1.33. The van der Waals surface area contributed by atoms with E-state index in [1.54, 1.807) is 7.11 Å². The predicted molar refractivity (Wildman–Crippen MR) is 60.2 cm³/mol. The molecule has 4 heteroatoms. The van der Waals surface area contributed by atoms with Gasteiger partial charge in [-0.3, -0.25) is 4.40 Å². The Morgan fingerprint density at radius 3 is 2.93 bits per heavy atom. The van der Waals surface area contributed by atoms with Crippen LogP contribution < -0.4 is 10.5 Å². The number of fused-ring (bicyclic) bond motifs is 3. The fraction of sp³-hybridized carbons (Fsp3) is 0.0909. The van der Waals surface area contributed by atoms with E-state index >= 15 is 0 Å². The highest BCUT2D eigenvalue weighted by atomic mass is 16.5. The first-order chi connectivity index (χ1) is 7.31. The number of benzene rings is 1. The number of methoxy groups -OCH3 is 1. The van der Waals surface area contributed by atoms with Crippen LogP contribution in [0.2, 0.25) is 0 Å². The number of nitrogens with two attached hydrogens (primary N) is 1. The molecule has 76 valence electrons. The van der Waals surface area contributed by atoms with Crippen molar-refractivity contribution in [3.05, 3.63) is 30.3 Å². The van der Waals surface area contributed by atoms with Crippen LogP contribution in [0.1, 0.15) is 0 Å². The van der Waals surface area contributed by atoms with E-state index in [-0.39, 0.29) is 0 Å². The molecule has 3 rings (SSSR count). The highest BCUT2D eigenvalue weighted by molar-refractivity contribution is 5.84. The number of nitrogens with zero attached hydrogens (tertiary/aromatic N) is 1. The van der Waals surface area contributed by atoms with Crippen molar-refractivity contribution in [3.63, 3.8) is 0 Å². The molecule has 0 bridgehead atoms. The summed E-state index contributed by atoms with van der Waals surface area (Å²) in [7, 11) is 1.62. The number of aromatic amines is 1. The Kier molecular flexibility index (Phi) is 1.48. The van der Waals surface area contributed by atoms with Crippen molar-refractivity contribution in [1.29, 1.82) is 0 Å². The van der Waals surface area contributed by atoms with E-state index in [0.29, 0.717) is 11.6 Å². The molecule has 4 nitrogen and oxygen atoms in total. The van der Waals surface area contributed by atoms with E-state index in [1.807, 2.05) is 34.7 Å². The van der Waals surface area contributed by atoms with E-state index in [0.717, 1.165) is 16.7 Å². The van der Waals surface area contributed by atoms with Gasteiger partial charge < -0.3 is 15.5 Å². The Morgan fingerprint density at radius 2 is 2.13 bits per heavy atom. The molecule has 0 aliphatic carbocycles. The summed E-state index contributed by atoms with van der Waals surface area (Å²) in [6.45, 7) is 0. The number of nitrogens with one attached hydrogen (secondary N) is 1. The van der Waals surface area contributed by atoms with E-state index in [2.05, 4.69) is 4.98 Å². The van der Waals surface area contributed by atoms with Crippen LogP contribution in [0.5, 0.6) is 5.75 Å². The van der Waals surface area contributed by atoms with Crippen molar-refractivity contribution in [2.45, 2.75) is 0 Å². The first-order valence-electron chi connectivity index (χ1n) is 4.73. The van der Waals surface area contributed by atoms with Crippen LogP contribution >= 0.6 is 0 Å². The molecule has 0 saturated heterocycles. The van der Waals surface area contributed by atoms with Gasteiger partial charge in [-0.15, -0.1) is 0 Å². The summed E-state index contributed by atoms with van der Waals surface area (Å²) in [5, 5.41) is 0. The number of ether oxygens (including phenoxy) is 1. The molecule has 0 aliphatic heterocycles. The van der Waals surface area contributed by atoms with Gasteiger partial charge in [0.15, 0.2) is 11.6 Å². The summed E-state index contributed by atoms with van der Waals surface area (Å²) < 4.78 is 7.12. The maximum atomic E-state index is 5.98. The molecule has 0 amide bonds. The van der Waals surface area contributed by atoms with Crippen molar-refractivity contribution in [1.82, 2.24) is 9.38 Å². The third-order valence-corrected chi connectivity index (χ3v) is 2.63. The van der Waals surface area contributed by atoms with Gasteiger partial charge >= 0.3 is 0 Å². The van der Waals surface area contributed by atoms with E-state index in [9.17, 15) is 0 Å². The lowest BCUT2D eigenvalue weighted by molar-refractivity contribution is 0.417. The minimum atomic E-state index is 0.630. The van der Waals surface area contributed by atoms with Crippen LogP contribution in [0.4, 0.5) is 5.82 Å². The highest BCUT2D eigenvalue weighted by Crippen LogP contribution is 2.29. The summed E-state index contributed by atoms with van der Waals surface area (Å²) in [5.41, 5.74) is 9.06. The number of para-hydroxylation sites is 2. The van der Waals surface area contributed by atoms with Crippen molar-refractivity contribution < 1.29 is 4.74 Å². The SMILES string of the molecule is COc1cc2[nH]c3ccccc3n2c1N. The highest BCUT2D eigenvalue weighted by Gasteiger charge is 2.11. The molecule has 0 aliphatic rings. The maximum Gasteiger partial charge on any atom is 0.163 e. The first kappa shape index (κ1) is 8.23. The van der Waals surface area contributed by atoms with Gasteiger partial charge in [0.25, 0.3) is 0 Å². The standard InChI is InChI=1S/C11H11N3O/c1-15-9-6-10-13-7-4-2-3-5-8(7)14(10)11(9)12/h2-6,13H,12H2,1H3. The van der Waals surface area contributed by atoms with Crippen LogP contribution in [0.15, 0.2) is 30.3 Å². The van der Waals surface area contributed by atoms with Crippen LogP contribution in [-0.2, 0) is 0 Å². The number of hydrogen-bond acceptors (Lipinski definition) is 2. The average Bonchev–Trinajstić information content (AvgIpc) is 2.75. The van der Waals surface area contributed by atoms with E-state index < -0.39 is 0 Å². The van der Waals surface area contributed by atoms with E-state index in [1.165, 1.54) is 0 Å². The molecule has 3 N–H and O–H groups in total. The molecule has 0 fully saturated rings. The smallest absolute Gasteiger partial charge is 0.163 e. The average molecular weight is 201 g/mol. The molecular weight excluding hydrogens is 190 g/mol. The topological polar surface area (TPSA) is 55.5 Å². The number of anilines is 1. The van der Waals surface area contributed by atoms with Gasteiger partial charge in [-0.25, -0.2) is 0 Å². The molecule has 3 aromatic rings. The van der Waals surface area contributed by atoms with E-state index in [4.69, 9.17) is 10.5 Å². The molecule has 0 atom stereocenters. The van der Waals surface area contributed by atoms with Crippen LogP contribution in [0.25, 0.3) is 16.7 Å². The molecular formula is C11H11N3O. The number of rotatable bonds is 1. The fourth-order valence-corrected chi connectivity index (χ4v) is 1.93. The molecule has 0 spiro atoms. The summed E-state index contributed by atoms with van der Waals surface area (Å²) >= 11 is 0. The normalized spacial score (nSPS) is 11.3. The summed E-state index contributed by atoms with van der Waals surface area (Å²) in [6.07, 6.45) is 0. The maximum absolute atomic E-state index is 5.98. The second-order valence-electron chi connectivity index (χ2n) is 3.46. The summed E-state index contributed by atoms with van der Waals surface area (Å²) in [4.78, 5) is 3.28. The van der Waals surface area contributed by atoms with Gasteiger partial charge in [0.1, 0.15) is 5.65 Å². The van der Waals surface area contributed by atoms with Gasteiger partial charge in [0, 0.05) is 6.07 Å². The quantitative estimate of drug-likeness (QED) is 0.632. The second-order valence-corrected chi connectivity index (χ2v) is 3.46. The van der Waals surface area contributed by atoms with Gasteiger partial charge in [-0.1, -0.05) is 12.1 Å².